The number of imidazole rings is 1. The Morgan fingerprint density at radius 3 is 2.84 bits per heavy atom. The van der Waals surface area contributed by atoms with Crippen LogP contribution in [0.15, 0.2) is 17.6 Å². The molecule has 108 valence electrons. The molecular formula is C12H22N4O2S. The molecule has 2 N–H and O–H groups in total. The maximum absolute atomic E-state index is 12.5. The Kier molecular flexibility index (Phi) is 4.27. The van der Waals surface area contributed by atoms with Gasteiger partial charge < -0.3 is 10.3 Å². The molecule has 0 spiro atoms. The molecule has 2 heterocycles. The summed E-state index contributed by atoms with van der Waals surface area (Å²) in [4.78, 5) is 4.01. The van der Waals surface area contributed by atoms with E-state index in [1.54, 1.807) is 17.1 Å². The predicted octanol–water partition coefficient (Wildman–Crippen LogP) is 0.508. The molecule has 0 amide bonds. The van der Waals surface area contributed by atoms with E-state index in [2.05, 4.69) is 11.9 Å². The molecule has 7 heteroatoms. The van der Waals surface area contributed by atoms with Crippen molar-refractivity contribution in [3.05, 3.63) is 12.5 Å². The fraction of sp³-hybridized carbons (Fsp3) is 0.750. The molecule has 6 nitrogen and oxygen atoms in total. The largest absolute Gasteiger partial charge is 0.336 e. The topological polar surface area (TPSA) is 81.2 Å². The van der Waals surface area contributed by atoms with Crippen LogP contribution in [0.4, 0.5) is 0 Å². The zero-order valence-electron chi connectivity index (χ0n) is 11.5. The summed E-state index contributed by atoms with van der Waals surface area (Å²) < 4.78 is 28.3. The van der Waals surface area contributed by atoms with Gasteiger partial charge in [0.2, 0.25) is 0 Å². The van der Waals surface area contributed by atoms with Crippen molar-refractivity contribution >= 4 is 10.0 Å². The van der Waals surface area contributed by atoms with Gasteiger partial charge in [0.25, 0.3) is 10.0 Å². The van der Waals surface area contributed by atoms with Crippen molar-refractivity contribution < 1.29 is 8.42 Å². The Labute approximate surface area is 114 Å². The third-order valence-electron chi connectivity index (χ3n) is 3.96. The first-order valence-electron chi connectivity index (χ1n) is 6.71. The number of aromatic nitrogens is 2. The van der Waals surface area contributed by atoms with E-state index in [0.29, 0.717) is 32.1 Å². The van der Waals surface area contributed by atoms with Crippen LogP contribution in [-0.2, 0) is 16.6 Å². The van der Waals surface area contributed by atoms with Crippen LogP contribution in [0.25, 0.3) is 0 Å². The number of sulfonamides is 1. The monoisotopic (exact) mass is 286 g/mol. The van der Waals surface area contributed by atoms with Gasteiger partial charge in [0, 0.05) is 25.8 Å². The lowest BCUT2D eigenvalue weighted by atomic mass is 9.88. The minimum atomic E-state index is -3.47. The van der Waals surface area contributed by atoms with Crippen LogP contribution in [0, 0.1) is 11.8 Å². The van der Waals surface area contributed by atoms with E-state index in [-0.39, 0.29) is 10.9 Å². The zero-order valence-corrected chi connectivity index (χ0v) is 12.3. The maximum Gasteiger partial charge on any atom is 0.262 e. The highest BCUT2D eigenvalue weighted by atomic mass is 32.2. The summed E-state index contributed by atoms with van der Waals surface area (Å²) in [6.45, 7) is 6.37. The van der Waals surface area contributed by atoms with E-state index in [4.69, 9.17) is 5.73 Å². The molecule has 0 radical (unpaired) electrons. The van der Waals surface area contributed by atoms with Crippen LogP contribution in [0.5, 0.6) is 0 Å². The van der Waals surface area contributed by atoms with Crippen LogP contribution >= 0.6 is 0 Å². The Morgan fingerprint density at radius 1 is 1.53 bits per heavy atom. The van der Waals surface area contributed by atoms with Crippen molar-refractivity contribution in [1.29, 1.82) is 0 Å². The highest BCUT2D eigenvalue weighted by Gasteiger charge is 2.34. The number of hydrogen-bond donors (Lipinski definition) is 1. The minimum Gasteiger partial charge on any atom is -0.336 e. The molecule has 0 aliphatic carbocycles. The SMILES string of the molecule is CCn1cnc(S(=O)(=O)N2CCC(C)C(CN)C2)c1. The average Bonchev–Trinajstić information content (AvgIpc) is 2.88. The van der Waals surface area contributed by atoms with E-state index in [0.717, 1.165) is 6.42 Å². The lowest BCUT2D eigenvalue weighted by molar-refractivity contribution is 0.203. The molecular weight excluding hydrogens is 264 g/mol. The third kappa shape index (κ3) is 2.82. The highest BCUT2D eigenvalue weighted by molar-refractivity contribution is 7.89. The lowest BCUT2D eigenvalue weighted by Gasteiger charge is -2.35. The van der Waals surface area contributed by atoms with Gasteiger partial charge in [-0.1, -0.05) is 6.92 Å². The summed E-state index contributed by atoms with van der Waals surface area (Å²) in [6.07, 6.45) is 4.00. The molecule has 1 aliphatic rings. The van der Waals surface area contributed by atoms with Crippen molar-refractivity contribution in [2.75, 3.05) is 19.6 Å². The normalized spacial score (nSPS) is 25.6. The van der Waals surface area contributed by atoms with Crippen molar-refractivity contribution in [3.63, 3.8) is 0 Å². The molecule has 0 saturated carbocycles. The van der Waals surface area contributed by atoms with E-state index in [9.17, 15) is 8.42 Å². The first kappa shape index (κ1) is 14.5. The van der Waals surface area contributed by atoms with Gasteiger partial charge in [-0.05, 0) is 31.7 Å². The highest BCUT2D eigenvalue weighted by Crippen LogP contribution is 2.26. The Morgan fingerprint density at radius 2 is 2.26 bits per heavy atom. The predicted molar refractivity (Wildman–Crippen MR) is 73.0 cm³/mol. The van der Waals surface area contributed by atoms with Crippen molar-refractivity contribution in [3.8, 4) is 0 Å². The number of hydrogen-bond acceptors (Lipinski definition) is 4. The lowest BCUT2D eigenvalue weighted by Crippen LogP contribution is -2.45. The van der Waals surface area contributed by atoms with Crippen molar-refractivity contribution in [2.24, 2.45) is 17.6 Å². The smallest absolute Gasteiger partial charge is 0.262 e. The summed E-state index contributed by atoms with van der Waals surface area (Å²) >= 11 is 0. The van der Waals surface area contributed by atoms with Gasteiger partial charge in [0.05, 0.1) is 6.33 Å². The number of nitrogens with two attached hydrogens (primary N) is 1. The second kappa shape index (κ2) is 5.60. The second-order valence-electron chi connectivity index (χ2n) is 5.17. The van der Waals surface area contributed by atoms with Crippen molar-refractivity contribution in [2.45, 2.75) is 31.8 Å². The fourth-order valence-electron chi connectivity index (χ4n) is 2.42. The Balaban J connectivity index is 2.20. The summed E-state index contributed by atoms with van der Waals surface area (Å²) in [5, 5.41) is 0.139. The number of piperidine rings is 1. The van der Waals surface area contributed by atoms with Crippen LogP contribution in [0.1, 0.15) is 20.3 Å². The van der Waals surface area contributed by atoms with E-state index < -0.39 is 10.0 Å². The molecule has 19 heavy (non-hydrogen) atoms. The quantitative estimate of drug-likeness (QED) is 0.874. The van der Waals surface area contributed by atoms with Gasteiger partial charge in [-0.25, -0.2) is 13.4 Å². The molecule has 1 aromatic rings. The average molecular weight is 286 g/mol. The van der Waals surface area contributed by atoms with Crippen molar-refractivity contribution in [1.82, 2.24) is 13.9 Å². The fourth-order valence-corrected chi connectivity index (χ4v) is 3.87. The summed E-state index contributed by atoms with van der Waals surface area (Å²) in [6, 6.07) is 0. The van der Waals surface area contributed by atoms with Gasteiger partial charge in [-0.15, -0.1) is 0 Å². The minimum absolute atomic E-state index is 0.139. The van der Waals surface area contributed by atoms with Crippen LogP contribution in [0.2, 0.25) is 0 Å². The first-order valence-corrected chi connectivity index (χ1v) is 8.15. The van der Waals surface area contributed by atoms with Gasteiger partial charge in [-0.3, -0.25) is 0 Å². The van der Waals surface area contributed by atoms with Gasteiger partial charge in [0.1, 0.15) is 0 Å². The maximum atomic E-state index is 12.5. The van der Waals surface area contributed by atoms with Gasteiger partial charge in [-0.2, -0.15) is 4.31 Å². The van der Waals surface area contributed by atoms with Crippen LogP contribution in [-0.4, -0.2) is 41.9 Å². The van der Waals surface area contributed by atoms with E-state index in [1.165, 1.54) is 4.31 Å². The molecule has 1 aliphatic heterocycles. The van der Waals surface area contributed by atoms with Gasteiger partial charge >= 0.3 is 0 Å². The molecule has 1 fully saturated rings. The zero-order chi connectivity index (χ0) is 14.0. The number of aryl methyl sites for hydroxylation is 1. The standard InChI is InChI=1S/C12H22N4O2S/c1-3-15-8-12(14-9-15)19(17,18)16-5-4-10(2)11(6-13)7-16/h8-11H,3-7,13H2,1-2H3. The Bertz CT molecular complexity index is 526. The summed E-state index contributed by atoms with van der Waals surface area (Å²) in [7, 11) is -3.47. The van der Waals surface area contributed by atoms with Gasteiger partial charge in [0.15, 0.2) is 5.03 Å². The first-order chi connectivity index (χ1) is 8.98. The van der Waals surface area contributed by atoms with Crippen LogP contribution in [0.3, 0.4) is 0 Å². The molecule has 1 saturated heterocycles. The van der Waals surface area contributed by atoms with Crippen LogP contribution < -0.4 is 5.73 Å². The molecule has 2 rings (SSSR count). The molecule has 2 unspecified atom stereocenters. The second-order valence-corrected chi connectivity index (χ2v) is 7.05. The summed E-state index contributed by atoms with van der Waals surface area (Å²) in [5.74, 6) is 0.710. The third-order valence-corrected chi connectivity index (χ3v) is 5.71. The molecule has 1 aromatic heterocycles. The molecule has 0 aromatic carbocycles. The summed E-state index contributed by atoms with van der Waals surface area (Å²) in [5.41, 5.74) is 5.72. The van der Waals surface area contributed by atoms with E-state index in [1.807, 2.05) is 6.92 Å². The number of nitrogens with zero attached hydrogens (tertiary/aromatic N) is 3. The number of rotatable bonds is 4. The molecule has 0 bridgehead atoms. The Hall–Kier alpha value is -0.920. The van der Waals surface area contributed by atoms with E-state index >= 15 is 0 Å². The molecule has 2 atom stereocenters.